The monoisotopic (exact) mass is 508 g/mol. The zero-order chi connectivity index (χ0) is 26.7. The molecule has 40 heavy (non-hydrogen) atoms. The van der Waals surface area contributed by atoms with Crippen molar-refractivity contribution in [3.8, 4) is 55.6 Å². The van der Waals surface area contributed by atoms with Gasteiger partial charge in [-0.2, -0.15) is 0 Å². The second kappa shape index (κ2) is 10.5. The van der Waals surface area contributed by atoms with Gasteiger partial charge in [-0.3, -0.25) is 0 Å². The average Bonchev–Trinajstić information content (AvgIpc) is 3.05. The summed E-state index contributed by atoms with van der Waals surface area (Å²) in [5.41, 5.74) is 12.2. The highest BCUT2D eigenvalue weighted by atomic mass is 14.1. The highest BCUT2D eigenvalue weighted by Crippen LogP contribution is 2.36. The Balaban J connectivity index is 1.32. The molecular formula is C40H28. The molecule has 0 amide bonds. The molecule has 0 aromatic heterocycles. The van der Waals surface area contributed by atoms with Gasteiger partial charge in [-0.05, 0) is 96.7 Å². The lowest BCUT2D eigenvalue weighted by atomic mass is 9.91. The minimum atomic E-state index is 1.21. The van der Waals surface area contributed by atoms with Crippen LogP contribution in [-0.2, 0) is 0 Å². The molecule has 0 saturated heterocycles. The lowest BCUT2D eigenvalue weighted by molar-refractivity contribution is 1.55. The van der Waals surface area contributed by atoms with Gasteiger partial charge in [0.15, 0.2) is 0 Å². The van der Waals surface area contributed by atoms with Crippen LogP contribution in [0.25, 0.3) is 66.4 Å². The van der Waals surface area contributed by atoms with Crippen molar-refractivity contribution in [3.63, 3.8) is 0 Å². The molecule has 0 aliphatic carbocycles. The quantitative estimate of drug-likeness (QED) is 0.217. The Labute approximate surface area is 235 Å². The van der Waals surface area contributed by atoms with E-state index in [1.165, 1.54) is 66.4 Å². The van der Waals surface area contributed by atoms with Crippen molar-refractivity contribution < 1.29 is 0 Å². The van der Waals surface area contributed by atoms with Gasteiger partial charge in [0.25, 0.3) is 0 Å². The maximum atomic E-state index is 2.32. The van der Waals surface area contributed by atoms with Gasteiger partial charge >= 0.3 is 0 Å². The average molecular weight is 509 g/mol. The largest absolute Gasteiger partial charge is 0.0622 e. The maximum Gasteiger partial charge on any atom is -0.0105 e. The summed E-state index contributed by atoms with van der Waals surface area (Å²) in [6.45, 7) is 0. The van der Waals surface area contributed by atoms with Crippen molar-refractivity contribution in [2.24, 2.45) is 0 Å². The van der Waals surface area contributed by atoms with Gasteiger partial charge in [-0.25, -0.2) is 0 Å². The molecule has 0 saturated carbocycles. The van der Waals surface area contributed by atoms with E-state index < -0.39 is 0 Å². The first kappa shape index (κ1) is 23.9. The zero-order valence-corrected chi connectivity index (χ0v) is 22.2. The van der Waals surface area contributed by atoms with E-state index in [1.807, 2.05) is 0 Å². The van der Waals surface area contributed by atoms with Crippen LogP contribution in [0.4, 0.5) is 0 Å². The van der Waals surface area contributed by atoms with E-state index in [1.54, 1.807) is 0 Å². The molecule has 0 heterocycles. The van der Waals surface area contributed by atoms with E-state index in [0.717, 1.165) is 0 Å². The van der Waals surface area contributed by atoms with Crippen LogP contribution in [0.2, 0.25) is 0 Å². The zero-order valence-electron chi connectivity index (χ0n) is 22.2. The third kappa shape index (κ3) is 4.72. The molecule has 0 fully saturated rings. The molecule has 188 valence electrons. The number of benzene rings is 7. The maximum absolute atomic E-state index is 2.32. The molecule has 0 aliphatic rings. The fourth-order valence-electron chi connectivity index (χ4n) is 5.61. The van der Waals surface area contributed by atoms with Crippen LogP contribution in [0.3, 0.4) is 0 Å². The van der Waals surface area contributed by atoms with Crippen molar-refractivity contribution in [1.82, 2.24) is 0 Å². The van der Waals surface area contributed by atoms with Crippen molar-refractivity contribution in [1.29, 1.82) is 0 Å². The Morgan fingerprint density at radius 1 is 0.225 bits per heavy atom. The number of hydrogen-bond acceptors (Lipinski definition) is 0. The number of hydrogen-bond donors (Lipinski definition) is 0. The first-order valence-electron chi connectivity index (χ1n) is 13.8. The van der Waals surface area contributed by atoms with Gasteiger partial charge in [0.2, 0.25) is 0 Å². The molecule has 7 aromatic rings. The van der Waals surface area contributed by atoms with Crippen LogP contribution in [0, 0.1) is 0 Å². The van der Waals surface area contributed by atoms with Crippen LogP contribution in [0.5, 0.6) is 0 Å². The van der Waals surface area contributed by atoms with E-state index in [4.69, 9.17) is 0 Å². The molecule has 0 nitrogen and oxygen atoms in total. The van der Waals surface area contributed by atoms with Gasteiger partial charge in [0, 0.05) is 0 Å². The van der Waals surface area contributed by atoms with Crippen molar-refractivity contribution in [3.05, 3.63) is 170 Å². The van der Waals surface area contributed by atoms with Gasteiger partial charge in [0.1, 0.15) is 0 Å². The second-order valence-electron chi connectivity index (χ2n) is 10.2. The highest BCUT2D eigenvalue weighted by Gasteiger charge is 2.10. The number of rotatable bonds is 5. The Hall–Kier alpha value is -5.20. The molecule has 0 bridgehead atoms. The topological polar surface area (TPSA) is 0 Å². The minimum Gasteiger partial charge on any atom is -0.0622 e. The van der Waals surface area contributed by atoms with E-state index in [9.17, 15) is 0 Å². The summed E-state index contributed by atoms with van der Waals surface area (Å²) in [7, 11) is 0. The predicted molar refractivity (Wildman–Crippen MR) is 171 cm³/mol. The summed E-state index contributed by atoms with van der Waals surface area (Å²) in [6.07, 6.45) is 0. The molecule has 0 N–H and O–H groups in total. The highest BCUT2D eigenvalue weighted by molar-refractivity contribution is 5.97. The summed E-state index contributed by atoms with van der Waals surface area (Å²) < 4.78 is 0. The molecule has 0 unspecified atom stereocenters. The molecule has 7 aromatic carbocycles. The lowest BCUT2D eigenvalue weighted by Gasteiger charge is -2.13. The Kier molecular flexibility index (Phi) is 6.28. The molecule has 0 radical (unpaired) electrons. The van der Waals surface area contributed by atoms with Crippen molar-refractivity contribution in [2.75, 3.05) is 0 Å². The Bertz CT molecular complexity index is 1870. The smallest absolute Gasteiger partial charge is 0.0105 e. The third-order valence-corrected chi connectivity index (χ3v) is 7.64. The van der Waals surface area contributed by atoms with Gasteiger partial charge in [-0.1, -0.05) is 140 Å². The van der Waals surface area contributed by atoms with Crippen molar-refractivity contribution in [2.45, 2.75) is 0 Å². The number of fused-ring (bicyclic) bond motifs is 1. The molecular weight excluding hydrogens is 480 g/mol. The van der Waals surface area contributed by atoms with Crippen LogP contribution in [0.15, 0.2) is 170 Å². The van der Waals surface area contributed by atoms with Crippen LogP contribution in [0.1, 0.15) is 0 Å². The standard InChI is InChI=1S/C40H28/c1-3-12-29(13-4-1)36-26-37(30-14-5-2-6-15-30)28-38(27-36)34-20-9-18-32(24-34)33-19-10-21-35(25-33)40-23-11-17-31-16-7-8-22-39(31)40/h1-28H. The third-order valence-electron chi connectivity index (χ3n) is 7.64. The first-order chi connectivity index (χ1) is 19.8. The molecule has 0 spiro atoms. The fourth-order valence-corrected chi connectivity index (χ4v) is 5.61. The summed E-state index contributed by atoms with van der Waals surface area (Å²) in [5.74, 6) is 0. The molecule has 0 atom stereocenters. The minimum absolute atomic E-state index is 1.21. The summed E-state index contributed by atoms with van der Waals surface area (Å²) in [6, 6.07) is 61.2. The lowest BCUT2D eigenvalue weighted by Crippen LogP contribution is -1.87. The normalized spacial score (nSPS) is 11.0. The van der Waals surface area contributed by atoms with E-state index >= 15 is 0 Å². The Morgan fingerprint density at radius 3 is 1.23 bits per heavy atom. The van der Waals surface area contributed by atoms with Gasteiger partial charge in [-0.15, -0.1) is 0 Å². The van der Waals surface area contributed by atoms with E-state index in [-0.39, 0.29) is 0 Å². The Morgan fingerprint density at radius 2 is 0.600 bits per heavy atom. The summed E-state index contributed by atoms with van der Waals surface area (Å²) in [4.78, 5) is 0. The summed E-state index contributed by atoms with van der Waals surface area (Å²) in [5, 5.41) is 2.54. The van der Waals surface area contributed by atoms with Gasteiger partial charge < -0.3 is 0 Å². The fraction of sp³-hybridized carbons (Fsp3) is 0. The second-order valence-corrected chi connectivity index (χ2v) is 10.2. The molecule has 0 aliphatic heterocycles. The predicted octanol–water partition coefficient (Wildman–Crippen LogP) is 11.2. The first-order valence-corrected chi connectivity index (χ1v) is 13.8. The summed E-state index contributed by atoms with van der Waals surface area (Å²) >= 11 is 0. The SMILES string of the molecule is c1ccc(-c2cc(-c3ccccc3)cc(-c3cccc(-c4cccc(-c5cccc6ccccc56)c4)c3)c2)cc1. The van der Waals surface area contributed by atoms with Crippen LogP contribution in [-0.4, -0.2) is 0 Å². The molecule has 0 heteroatoms. The van der Waals surface area contributed by atoms with E-state index in [0.29, 0.717) is 0 Å². The van der Waals surface area contributed by atoms with Crippen molar-refractivity contribution >= 4 is 10.8 Å². The van der Waals surface area contributed by atoms with Crippen LogP contribution < -0.4 is 0 Å². The van der Waals surface area contributed by atoms with E-state index in [2.05, 4.69) is 170 Å². The van der Waals surface area contributed by atoms with Gasteiger partial charge in [0.05, 0.1) is 0 Å². The van der Waals surface area contributed by atoms with Crippen LogP contribution >= 0.6 is 0 Å². The molecule has 7 rings (SSSR count).